The molecule has 1 aliphatic heterocycles. The number of piperidine rings is 1. The van der Waals surface area contributed by atoms with Crippen LogP contribution in [0.1, 0.15) is 12.8 Å². The Bertz CT molecular complexity index is 265. The monoisotopic (exact) mass is 191 g/mol. The lowest BCUT2D eigenvalue weighted by Crippen LogP contribution is -2.36. The highest BCUT2D eigenvalue weighted by molar-refractivity contribution is 5.46. The first kappa shape index (κ1) is 9.53. The van der Waals surface area contributed by atoms with E-state index in [-0.39, 0.29) is 0 Å². The van der Waals surface area contributed by atoms with Gasteiger partial charge in [0.15, 0.2) is 0 Å². The summed E-state index contributed by atoms with van der Waals surface area (Å²) in [4.78, 5) is 2.43. The Balaban J connectivity index is 1.96. The molecule has 0 aliphatic carbocycles. The van der Waals surface area contributed by atoms with Crippen molar-refractivity contribution in [2.45, 2.75) is 18.9 Å². The van der Waals surface area contributed by atoms with Crippen LogP contribution in [-0.4, -0.2) is 26.3 Å². The topological polar surface area (TPSA) is 12.5 Å². The Labute approximate surface area is 85.5 Å². The smallest absolute Gasteiger partial charge is 0.0605 e. The maximum atomic E-state index is 5.35. The Kier molecular flexibility index (Phi) is 3.04. The molecule has 0 N–H and O–H groups in total. The summed E-state index contributed by atoms with van der Waals surface area (Å²) in [5.41, 5.74) is 1.34. The van der Waals surface area contributed by atoms with E-state index in [1.54, 1.807) is 0 Å². The first-order valence-corrected chi connectivity index (χ1v) is 5.23. The summed E-state index contributed by atoms with van der Waals surface area (Å²) >= 11 is 0. The summed E-state index contributed by atoms with van der Waals surface area (Å²) in [6, 6.07) is 10.6. The molecular weight excluding hydrogens is 174 g/mol. The number of anilines is 1. The summed E-state index contributed by atoms with van der Waals surface area (Å²) < 4.78 is 5.35. The SMILES string of the molecule is COC1CCN(c2ccccc2)CC1. The molecule has 2 nitrogen and oxygen atoms in total. The van der Waals surface area contributed by atoms with Crippen molar-refractivity contribution in [3.8, 4) is 0 Å². The van der Waals surface area contributed by atoms with E-state index in [9.17, 15) is 0 Å². The summed E-state index contributed by atoms with van der Waals surface area (Å²) in [7, 11) is 1.81. The molecular formula is C12H17NO. The first-order chi connectivity index (χ1) is 6.90. The minimum atomic E-state index is 0.468. The molecule has 1 saturated heterocycles. The second-order valence-electron chi connectivity index (χ2n) is 3.76. The van der Waals surface area contributed by atoms with E-state index >= 15 is 0 Å². The summed E-state index contributed by atoms with van der Waals surface area (Å²) in [6.07, 6.45) is 2.76. The van der Waals surface area contributed by atoms with E-state index in [0.717, 1.165) is 25.9 Å². The molecule has 2 rings (SSSR count). The number of hydrogen-bond donors (Lipinski definition) is 0. The molecule has 0 amide bonds. The van der Waals surface area contributed by atoms with Crippen molar-refractivity contribution in [2.24, 2.45) is 0 Å². The molecule has 1 fully saturated rings. The Morgan fingerprint density at radius 3 is 2.36 bits per heavy atom. The molecule has 0 radical (unpaired) electrons. The van der Waals surface area contributed by atoms with E-state index in [4.69, 9.17) is 4.74 Å². The van der Waals surface area contributed by atoms with Gasteiger partial charge < -0.3 is 9.64 Å². The van der Waals surface area contributed by atoms with E-state index in [0.29, 0.717) is 6.10 Å². The molecule has 0 bridgehead atoms. The quantitative estimate of drug-likeness (QED) is 0.711. The largest absolute Gasteiger partial charge is 0.381 e. The van der Waals surface area contributed by atoms with Gasteiger partial charge in [-0.1, -0.05) is 18.2 Å². The molecule has 1 heterocycles. The maximum Gasteiger partial charge on any atom is 0.0605 e. The van der Waals surface area contributed by atoms with Gasteiger partial charge in [-0.25, -0.2) is 0 Å². The molecule has 1 aliphatic rings. The van der Waals surface area contributed by atoms with Gasteiger partial charge in [0.05, 0.1) is 6.10 Å². The number of hydrogen-bond acceptors (Lipinski definition) is 2. The average molecular weight is 191 g/mol. The predicted octanol–water partition coefficient (Wildman–Crippen LogP) is 2.30. The zero-order valence-corrected chi connectivity index (χ0v) is 8.65. The van der Waals surface area contributed by atoms with Gasteiger partial charge in [0.25, 0.3) is 0 Å². The van der Waals surface area contributed by atoms with Gasteiger partial charge in [0.1, 0.15) is 0 Å². The van der Waals surface area contributed by atoms with Crippen molar-refractivity contribution in [3.63, 3.8) is 0 Å². The number of methoxy groups -OCH3 is 1. The number of ether oxygens (including phenoxy) is 1. The highest BCUT2D eigenvalue weighted by atomic mass is 16.5. The number of rotatable bonds is 2. The third-order valence-corrected chi connectivity index (χ3v) is 2.90. The predicted molar refractivity (Wildman–Crippen MR) is 58.7 cm³/mol. The van der Waals surface area contributed by atoms with Gasteiger partial charge in [0.2, 0.25) is 0 Å². The van der Waals surface area contributed by atoms with Crippen molar-refractivity contribution in [1.82, 2.24) is 0 Å². The number of para-hydroxylation sites is 1. The Morgan fingerprint density at radius 2 is 1.79 bits per heavy atom. The van der Waals surface area contributed by atoms with Gasteiger partial charge in [0, 0.05) is 25.9 Å². The van der Waals surface area contributed by atoms with Crippen LogP contribution in [0.3, 0.4) is 0 Å². The van der Waals surface area contributed by atoms with Crippen LogP contribution < -0.4 is 4.90 Å². The van der Waals surface area contributed by atoms with Crippen LogP contribution in [0.15, 0.2) is 30.3 Å². The number of benzene rings is 1. The average Bonchev–Trinajstić information content (AvgIpc) is 2.30. The van der Waals surface area contributed by atoms with E-state index in [1.165, 1.54) is 5.69 Å². The lowest BCUT2D eigenvalue weighted by molar-refractivity contribution is 0.0819. The van der Waals surface area contributed by atoms with Gasteiger partial charge in [-0.2, -0.15) is 0 Å². The van der Waals surface area contributed by atoms with Crippen molar-refractivity contribution in [1.29, 1.82) is 0 Å². The van der Waals surface area contributed by atoms with Crippen LogP contribution in [0.4, 0.5) is 5.69 Å². The minimum Gasteiger partial charge on any atom is -0.381 e. The molecule has 1 aromatic rings. The highest BCUT2D eigenvalue weighted by Crippen LogP contribution is 2.20. The van der Waals surface area contributed by atoms with Crippen LogP contribution >= 0.6 is 0 Å². The van der Waals surface area contributed by atoms with E-state index in [1.807, 2.05) is 7.11 Å². The summed E-state index contributed by atoms with van der Waals surface area (Å²) in [5, 5.41) is 0. The first-order valence-electron chi connectivity index (χ1n) is 5.23. The fourth-order valence-corrected chi connectivity index (χ4v) is 1.99. The van der Waals surface area contributed by atoms with E-state index in [2.05, 4.69) is 35.2 Å². The van der Waals surface area contributed by atoms with E-state index < -0.39 is 0 Å². The molecule has 76 valence electrons. The van der Waals surface area contributed by atoms with Crippen LogP contribution in [-0.2, 0) is 4.74 Å². The van der Waals surface area contributed by atoms with Crippen molar-refractivity contribution in [3.05, 3.63) is 30.3 Å². The second-order valence-corrected chi connectivity index (χ2v) is 3.76. The fourth-order valence-electron chi connectivity index (χ4n) is 1.99. The van der Waals surface area contributed by atoms with Crippen LogP contribution in [0.25, 0.3) is 0 Å². The third kappa shape index (κ3) is 2.07. The maximum absolute atomic E-state index is 5.35. The van der Waals surface area contributed by atoms with Crippen LogP contribution in [0.2, 0.25) is 0 Å². The Morgan fingerprint density at radius 1 is 1.14 bits per heavy atom. The van der Waals surface area contributed by atoms with Gasteiger partial charge in [-0.05, 0) is 25.0 Å². The zero-order valence-electron chi connectivity index (χ0n) is 8.65. The molecule has 1 aromatic carbocycles. The normalized spacial score (nSPS) is 18.5. The molecule has 2 heteroatoms. The highest BCUT2D eigenvalue weighted by Gasteiger charge is 2.18. The standard InChI is InChI=1S/C12H17NO/c1-14-12-7-9-13(10-8-12)11-5-3-2-4-6-11/h2-6,12H,7-10H2,1H3. The third-order valence-electron chi connectivity index (χ3n) is 2.90. The lowest BCUT2D eigenvalue weighted by atomic mass is 10.1. The molecule has 0 spiro atoms. The van der Waals surface area contributed by atoms with Crippen molar-refractivity contribution in [2.75, 3.05) is 25.1 Å². The Hall–Kier alpha value is -1.02. The zero-order chi connectivity index (χ0) is 9.80. The van der Waals surface area contributed by atoms with Gasteiger partial charge >= 0.3 is 0 Å². The van der Waals surface area contributed by atoms with Gasteiger partial charge in [-0.15, -0.1) is 0 Å². The molecule has 0 saturated carbocycles. The van der Waals surface area contributed by atoms with Crippen LogP contribution in [0.5, 0.6) is 0 Å². The summed E-state index contributed by atoms with van der Waals surface area (Å²) in [6.45, 7) is 2.23. The fraction of sp³-hybridized carbons (Fsp3) is 0.500. The lowest BCUT2D eigenvalue weighted by Gasteiger charge is -2.32. The van der Waals surface area contributed by atoms with Crippen molar-refractivity contribution >= 4 is 5.69 Å². The molecule has 0 atom stereocenters. The van der Waals surface area contributed by atoms with Crippen LogP contribution in [0, 0.1) is 0 Å². The van der Waals surface area contributed by atoms with Crippen molar-refractivity contribution < 1.29 is 4.74 Å². The minimum absolute atomic E-state index is 0.468. The summed E-state index contributed by atoms with van der Waals surface area (Å²) in [5.74, 6) is 0. The molecule has 14 heavy (non-hydrogen) atoms. The molecule has 0 aromatic heterocycles. The number of nitrogens with zero attached hydrogens (tertiary/aromatic N) is 1. The van der Waals surface area contributed by atoms with Gasteiger partial charge in [-0.3, -0.25) is 0 Å². The second kappa shape index (κ2) is 4.47. The molecule has 0 unspecified atom stereocenters.